The van der Waals surface area contributed by atoms with E-state index in [1.54, 1.807) is 12.4 Å². The van der Waals surface area contributed by atoms with Crippen LogP contribution < -0.4 is 10.9 Å². The topological polar surface area (TPSA) is 90.5 Å². The van der Waals surface area contributed by atoms with E-state index >= 15 is 0 Å². The van der Waals surface area contributed by atoms with E-state index in [0.717, 1.165) is 31.7 Å². The summed E-state index contributed by atoms with van der Waals surface area (Å²) in [5.74, 6) is 1.18. The molecule has 4 saturated heterocycles. The van der Waals surface area contributed by atoms with Crippen LogP contribution in [0.2, 0.25) is 0 Å². The molecule has 2 unspecified atom stereocenters. The summed E-state index contributed by atoms with van der Waals surface area (Å²) >= 11 is 0. The Morgan fingerprint density at radius 1 is 1.04 bits per heavy atom. The van der Waals surface area contributed by atoms with Crippen molar-refractivity contribution in [3.8, 4) is 0 Å². The van der Waals surface area contributed by atoms with Gasteiger partial charge in [0.05, 0.1) is 6.20 Å². The lowest BCUT2D eigenvalue weighted by Gasteiger charge is -2.37. The second-order valence-corrected chi connectivity index (χ2v) is 8.41. The van der Waals surface area contributed by atoms with Crippen LogP contribution in [-0.2, 0) is 4.79 Å². The average molecular weight is 370 g/mol. The number of rotatable bonds is 3. The first-order valence-corrected chi connectivity index (χ1v) is 10.1. The highest BCUT2D eigenvalue weighted by Crippen LogP contribution is 2.36. The fourth-order valence-electron chi connectivity index (χ4n) is 4.84. The van der Waals surface area contributed by atoms with Gasteiger partial charge in [-0.05, 0) is 43.9 Å². The minimum atomic E-state index is -0.140. The van der Waals surface area contributed by atoms with Crippen molar-refractivity contribution < 1.29 is 9.59 Å². The Labute approximate surface area is 158 Å². The lowest BCUT2D eigenvalue weighted by Crippen LogP contribution is -2.53. The largest absolute Gasteiger partial charge is 0.336 e. The number of nitrogens with one attached hydrogen (secondary N) is 2. The van der Waals surface area contributed by atoms with Crippen LogP contribution in [0.15, 0.2) is 18.6 Å². The van der Waals surface area contributed by atoms with Gasteiger partial charge >= 0.3 is 0 Å². The van der Waals surface area contributed by atoms with Gasteiger partial charge in [-0.1, -0.05) is 0 Å². The molecule has 2 amide bonds. The van der Waals surface area contributed by atoms with Gasteiger partial charge in [-0.25, -0.2) is 10.4 Å². The van der Waals surface area contributed by atoms with Crippen LogP contribution in [0.3, 0.4) is 0 Å². The Kier molecular flexibility index (Phi) is 4.32. The summed E-state index contributed by atoms with van der Waals surface area (Å²) in [6, 6.07) is 0.385. The van der Waals surface area contributed by atoms with Gasteiger partial charge in [0.1, 0.15) is 11.7 Å². The van der Waals surface area contributed by atoms with Crippen molar-refractivity contribution in [3.05, 3.63) is 24.3 Å². The third-order valence-corrected chi connectivity index (χ3v) is 6.49. The van der Waals surface area contributed by atoms with Gasteiger partial charge in [0, 0.05) is 44.1 Å². The number of fused-ring (bicyclic) bond motifs is 4. The molecule has 27 heavy (non-hydrogen) atoms. The normalized spacial score (nSPS) is 33.2. The maximum atomic E-state index is 13.2. The monoisotopic (exact) mass is 370 g/mol. The van der Waals surface area contributed by atoms with Crippen LogP contribution in [-0.4, -0.2) is 69.3 Å². The van der Waals surface area contributed by atoms with Crippen LogP contribution in [0, 0.1) is 11.8 Å². The molecule has 1 aliphatic carbocycles. The molecule has 4 atom stereocenters. The fourth-order valence-corrected chi connectivity index (χ4v) is 4.84. The summed E-state index contributed by atoms with van der Waals surface area (Å²) in [6.07, 6.45) is 10.1. The zero-order valence-electron chi connectivity index (χ0n) is 15.4. The Hall–Kier alpha value is -2.06. The van der Waals surface area contributed by atoms with E-state index < -0.39 is 0 Å². The van der Waals surface area contributed by atoms with Gasteiger partial charge in [-0.15, -0.1) is 0 Å². The van der Waals surface area contributed by atoms with E-state index in [9.17, 15) is 9.59 Å². The van der Waals surface area contributed by atoms with Crippen LogP contribution in [0.5, 0.6) is 0 Å². The van der Waals surface area contributed by atoms with Gasteiger partial charge in [0.2, 0.25) is 5.91 Å². The molecule has 0 aromatic carbocycles. The smallest absolute Gasteiger partial charge is 0.274 e. The lowest BCUT2D eigenvalue weighted by atomic mass is 9.93. The SMILES string of the molecule is O=C(c1cnccn1)N1C[C@@H]2CC[C@H](C1)N(C(=O)C1CC(C3CC3)NN1)C2. The second-order valence-electron chi connectivity index (χ2n) is 8.41. The predicted octanol–water partition coefficient (Wildman–Crippen LogP) is 0.185. The average Bonchev–Trinajstić information content (AvgIpc) is 3.51. The summed E-state index contributed by atoms with van der Waals surface area (Å²) in [7, 11) is 0. The number of carbonyl (C=O) groups is 2. The molecule has 2 N–H and O–H groups in total. The van der Waals surface area contributed by atoms with E-state index in [1.165, 1.54) is 19.0 Å². The van der Waals surface area contributed by atoms with E-state index in [4.69, 9.17) is 0 Å². The lowest BCUT2D eigenvalue weighted by molar-refractivity contribution is -0.137. The molecule has 8 nitrogen and oxygen atoms in total. The molecule has 0 radical (unpaired) electrons. The Morgan fingerprint density at radius 2 is 1.93 bits per heavy atom. The maximum Gasteiger partial charge on any atom is 0.274 e. The van der Waals surface area contributed by atoms with Crippen molar-refractivity contribution in [2.75, 3.05) is 19.6 Å². The molecule has 0 spiro atoms. The first-order chi connectivity index (χ1) is 13.2. The summed E-state index contributed by atoms with van der Waals surface area (Å²) in [4.78, 5) is 38.1. The third-order valence-electron chi connectivity index (χ3n) is 6.49. The molecule has 1 aromatic heterocycles. The Bertz CT molecular complexity index is 724. The first kappa shape index (κ1) is 17.1. The minimum Gasteiger partial charge on any atom is -0.336 e. The maximum absolute atomic E-state index is 13.2. The van der Waals surface area contributed by atoms with Crippen LogP contribution in [0.1, 0.15) is 42.6 Å². The number of piperidine rings is 1. The van der Waals surface area contributed by atoms with Gasteiger partial charge in [-0.2, -0.15) is 0 Å². The number of hydrazine groups is 1. The van der Waals surface area contributed by atoms with Crippen LogP contribution in [0.25, 0.3) is 0 Å². The van der Waals surface area contributed by atoms with Crippen molar-refractivity contribution >= 4 is 11.8 Å². The highest BCUT2D eigenvalue weighted by Gasteiger charge is 2.44. The standard InChI is InChI=1S/C19H26N6O2/c26-18(17-8-20-5-6-21-17)24-9-12-1-4-14(11-24)25(10-12)19(27)16-7-15(22-23-16)13-2-3-13/h5-6,8,12-16,22-23H,1-4,7,9-11H2/t12-,14+,15?,16?/m0/s1. The predicted molar refractivity (Wildman–Crippen MR) is 97.3 cm³/mol. The molecule has 5 aliphatic rings. The summed E-state index contributed by atoms with van der Waals surface area (Å²) < 4.78 is 0. The van der Waals surface area contributed by atoms with Crippen LogP contribution >= 0.6 is 0 Å². The molecule has 5 heterocycles. The van der Waals surface area contributed by atoms with Gasteiger partial charge in [0.25, 0.3) is 5.91 Å². The van der Waals surface area contributed by atoms with Crippen molar-refractivity contribution in [2.24, 2.45) is 11.8 Å². The number of hydrogen-bond acceptors (Lipinski definition) is 6. The van der Waals surface area contributed by atoms with Crippen molar-refractivity contribution in [1.29, 1.82) is 0 Å². The zero-order valence-corrected chi connectivity index (χ0v) is 15.4. The molecular weight excluding hydrogens is 344 g/mol. The van der Waals surface area contributed by atoms with E-state index in [1.807, 2.05) is 9.80 Å². The number of amides is 2. The quantitative estimate of drug-likeness (QED) is 0.789. The summed E-state index contributed by atoms with van der Waals surface area (Å²) in [5, 5.41) is 0. The number of hydrogen-bond donors (Lipinski definition) is 2. The number of carbonyl (C=O) groups excluding carboxylic acids is 2. The molecule has 5 fully saturated rings. The zero-order chi connectivity index (χ0) is 18.4. The van der Waals surface area contributed by atoms with E-state index in [-0.39, 0.29) is 23.9 Å². The molecule has 1 saturated carbocycles. The van der Waals surface area contributed by atoms with Gasteiger partial charge in [0.15, 0.2) is 0 Å². The molecule has 6 rings (SSSR count). The van der Waals surface area contributed by atoms with Crippen LogP contribution in [0.4, 0.5) is 0 Å². The highest BCUT2D eigenvalue weighted by molar-refractivity contribution is 5.92. The van der Waals surface area contributed by atoms with Crippen molar-refractivity contribution in [2.45, 2.75) is 50.2 Å². The molecule has 144 valence electrons. The van der Waals surface area contributed by atoms with Gasteiger partial charge in [-0.3, -0.25) is 20.0 Å². The summed E-state index contributed by atoms with van der Waals surface area (Å²) in [6.45, 7) is 2.03. The fraction of sp³-hybridized carbons (Fsp3) is 0.684. The molecule has 1 aromatic rings. The third kappa shape index (κ3) is 3.32. The van der Waals surface area contributed by atoms with Gasteiger partial charge < -0.3 is 9.80 Å². The molecule has 2 bridgehead atoms. The number of nitrogens with zero attached hydrogens (tertiary/aromatic N) is 4. The van der Waals surface area contributed by atoms with Crippen molar-refractivity contribution in [1.82, 2.24) is 30.6 Å². The first-order valence-electron chi connectivity index (χ1n) is 10.1. The van der Waals surface area contributed by atoms with E-state index in [2.05, 4.69) is 20.8 Å². The Morgan fingerprint density at radius 3 is 2.70 bits per heavy atom. The Balaban J connectivity index is 1.28. The minimum absolute atomic E-state index is 0.0799. The van der Waals surface area contributed by atoms with E-state index in [0.29, 0.717) is 30.7 Å². The number of aromatic nitrogens is 2. The molecule has 4 aliphatic heterocycles. The molecule has 8 heteroatoms. The highest BCUT2D eigenvalue weighted by atomic mass is 16.2. The second kappa shape index (κ2) is 6.83. The van der Waals surface area contributed by atoms with Crippen molar-refractivity contribution in [3.63, 3.8) is 0 Å². The molecular formula is C19H26N6O2. The summed E-state index contributed by atoms with van der Waals surface area (Å²) in [5.41, 5.74) is 6.92.